The third-order valence-electron chi connectivity index (χ3n) is 2.24. The molecule has 1 N–H and O–H groups in total. The number of aliphatic carboxylic acids is 1. The van der Waals surface area contributed by atoms with Crippen molar-refractivity contribution in [2.45, 2.75) is 13.0 Å². The van der Waals surface area contributed by atoms with Crippen molar-refractivity contribution in [2.75, 3.05) is 0 Å². The van der Waals surface area contributed by atoms with Crippen LogP contribution in [0.25, 0.3) is 11.4 Å². The van der Waals surface area contributed by atoms with Crippen LogP contribution >= 0.6 is 0 Å². The van der Waals surface area contributed by atoms with Gasteiger partial charge in [0.1, 0.15) is 11.6 Å². The summed E-state index contributed by atoms with van der Waals surface area (Å²) in [5, 5.41) is 19.0. The highest BCUT2D eigenvalue weighted by molar-refractivity contribution is 5.66. The molecule has 0 spiro atoms. The van der Waals surface area contributed by atoms with Crippen molar-refractivity contribution in [1.29, 1.82) is 0 Å². The molecule has 0 fully saturated rings. The number of nitrogens with zero attached hydrogens (tertiary/aromatic N) is 4. The molecule has 1 aromatic carbocycles. The van der Waals surface area contributed by atoms with Crippen LogP contribution in [0.2, 0.25) is 0 Å². The number of tetrazole rings is 1. The van der Waals surface area contributed by atoms with Crippen molar-refractivity contribution in [3.8, 4) is 11.4 Å². The predicted molar refractivity (Wildman–Crippen MR) is 55.4 cm³/mol. The molecule has 94 valence electrons. The molecular weight excluding hydrogens is 246 g/mol. The van der Waals surface area contributed by atoms with Crippen molar-refractivity contribution in [3.05, 3.63) is 29.8 Å². The highest BCUT2D eigenvalue weighted by Gasteiger charge is 2.15. The normalized spacial score (nSPS) is 10.6. The lowest BCUT2D eigenvalue weighted by Gasteiger charge is -2.04. The van der Waals surface area contributed by atoms with E-state index in [1.807, 2.05) is 0 Å². The molecule has 0 atom stereocenters. The number of halogens is 2. The number of rotatable bonds is 4. The molecule has 0 amide bonds. The van der Waals surface area contributed by atoms with Crippen LogP contribution < -0.4 is 0 Å². The van der Waals surface area contributed by atoms with Crippen molar-refractivity contribution >= 4 is 5.97 Å². The molecule has 0 unspecified atom stereocenters. The second-order valence-corrected chi connectivity index (χ2v) is 3.49. The predicted octanol–water partition coefficient (Wildman–Crippen LogP) is 1.09. The van der Waals surface area contributed by atoms with Gasteiger partial charge in [-0.25, -0.2) is 13.5 Å². The Morgan fingerprint density at radius 3 is 2.89 bits per heavy atom. The fourth-order valence-corrected chi connectivity index (χ4v) is 1.42. The van der Waals surface area contributed by atoms with Gasteiger partial charge in [-0.3, -0.25) is 4.79 Å². The van der Waals surface area contributed by atoms with Crippen LogP contribution in [0.3, 0.4) is 0 Å². The minimum Gasteiger partial charge on any atom is -0.481 e. The van der Waals surface area contributed by atoms with E-state index in [1.165, 1.54) is 0 Å². The molecule has 18 heavy (non-hydrogen) atoms. The Kier molecular flexibility index (Phi) is 3.26. The van der Waals surface area contributed by atoms with Gasteiger partial charge in [0, 0.05) is 0 Å². The number of carboxylic acid groups (broad SMARTS) is 1. The number of carboxylic acids is 1. The van der Waals surface area contributed by atoms with Crippen LogP contribution in [-0.4, -0.2) is 31.3 Å². The van der Waals surface area contributed by atoms with Crippen molar-refractivity contribution in [2.24, 2.45) is 0 Å². The van der Waals surface area contributed by atoms with Crippen molar-refractivity contribution in [3.63, 3.8) is 0 Å². The summed E-state index contributed by atoms with van der Waals surface area (Å²) in [5.74, 6) is -2.34. The lowest BCUT2D eigenvalue weighted by molar-refractivity contribution is -0.137. The Morgan fingerprint density at radius 1 is 1.39 bits per heavy atom. The average molecular weight is 254 g/mol. The highest BCUT2D eigenvalue weighted by Crippen LogP contribution is 2.21. The minimum atomic E-state index is -1.03. The van der Waals surface area contributed by atoms with Gasteiger partial charge >= 0.3 is 5.97 Å². The van der Waals surface area contributed by atoms with E-state index in [0.717, 1.165) is 22.9 Å². The largest absolute Gasteiger partial charge is 0.481 e. The first-order valence-corrected chi connectivity index (χ1v) is 5.01. The van der Waals surface area contributed by atoms with Crippen molar-refractivity contribution in [1.82, 2.24) is 20.2 Å². The van der Waals surface area contributed by atoms with Gasteiger partial charge in [-0.2, -0.15) is 0 Å². The summed E-state index contributed by atoms with van der Waals surface area (Å²) < 4.78 is 27.7. The molecule has 0 bridgehead atoms. The zero-order valence-corrected chi connectivity index (χ0v) is 9.05. The number of benzene rings is 1. The topological polar surface area (TPSA) is 80.9 Å². The zero-order valence-electron chi connectivity index (χ0n) is 9.05. The van der Waals surface area contributed by atoms with Crippen LogP contribution in [0.1, 0.15) is 6.42 Å². The van der Waals surface area contributed by atoms with E-state index in [-0.39, 0.29) is 24.4 Å². The minimum absolute atomic E-state index is 0.00625. The first-order chi connectivity index (χ1) is 8.58. The molecule has 0 aliphatic heterocycles. The highest BCUT2D eigenvalue weighted by atomic mass is 19.1. The Morgan fingerprint density at radius 2 is 2.17 bits per heavy atom. The maximum Gasteiger partial charge on any atom is 0.305 e. The Balaban J connectivity index is 2.36. The van der Waals surface area contributed by atoms with E-state index in [2.05, 4.69) is 15.5 Å². The Bertz CT molecular complexity index is 585. The SMILES string of the molecule is O=C(O)CCn1nnnc1-c1cc(F)ccc1F. The number of aryl methyl sites for hydroxylation is 1. The molecular formula is C10H8F2N4O2. The molecule has 0 saturated carbocycles. The van der Waals surface area contributed by atoms with Crippen LogP contribution in [0, 0.1) is 11.6 Å². The molecule has 0 radical (unpaired) electrons. The molecule has 6 nitrogen and oxygen atoms in total. The molecule has 0 saturated heterocycles. The van der Waals surface area contributed by atoms with Gasteiger partial charge in [0.05, 0.1) is 18.5 Å². The lowest BCUT2D eigenvalue weighted by Crippen LogP contribution is -2.08. The number of carbonyl (C=O) groups is 1. The first-order valence-electron chi connectivity index (χ1n) is 5.01. The number of hydrogen-bond acceptors (Lipinski definition) is 4. The third-order valence-corrected chi connectivity index (χ3v) is 2.24. The van der Waals surface area contributed by atoms with Gasteiger partial charge in [0.25, 0.3) is 0 Å². The fraction of sp³-hybridized carbons (Fsp3) is 0.200. The summed E-state index contributed by atoms with van der Waals surface area (Å²) in [6.07, 6.45) is -0.213. The quantitative estimate of drug-likeness (QED) is 0.883. The van der Waals surface area contributed by atoms with Crippen LogP contribution in [0.5, 0.6) is 0 Å². The van der Waals surface area contributed by atoms with Gasteiger partial charge in [-0.1, -0.05) is 0 Å². The fourth-order valence-electron chi connectivity index (χ4n) is 1.42. The van der Waals surface area contributed by atoms with E-state index in [1.54, 1.807) is 0 Å². The van der Waals surface area contributed by atoms with Gasteiger partial charge in [0.15, 0.2) is 5.82 Å². The zero-order chi connectivity index (χ0) is 13.1. The maximum absolute atomic E-state index is 13.5. The van der Waals surface area contributed by atoms with Gasteiger partial charge in [0.2, 0.25) is 0 Å². The third kappa shape index (κ3) is 2.47. The summed E-state index contributed by atoms with van der Waals surface area (Å²) in [5.41, 5.74) is -0.106. The molecule has 8 heteroatoms. The number of aromatic nitrogens is 4. The summed E-state index contributed by atoms with van der Waals surface area (Å²) >= 11 is 0. The van der Waals surface area contributed by atoms with Gasteiger partial charge in [-0.15, -0.1) is 5.10 Å². The van der Waals surface area contributed by atoms with Crippen LogP contribution in [-0.2, 0) is 11.3 Å². The van der Waals surface area contributed by atoms with E-state index in [9.17, 15) is 13.6 Å². The van der Waals surface area contributed by atoms with Gasteiger partial charge < -0.3 is 5.11 Å². The molecule has 0 aliphatic carbocycles. The molecule has 2 aromatic rings. The lowest BCUT2D eigenvalue weighted by atomic mass is 10.2. The maximum atomic E-state index is 13.5. The van der Waals surface area contributed by atoms with E-state index < -0.39 is 17.6 Å². The Hall–Kier alpha value is -2.38. The summed E-state index contributed by atoms with van der Waals surface area (Å²) in [7, 11) is 0. The van der Waals surface area contributed by atoms with E-state index >= 15 is 0 Å². The summed E-state index contributed by atoms with van der Waals surface area (Å²) in [6.45, 7) is -0.0202. The first kappa shape index (κ1) is 12.1. The molecule has 1 aromatic heterocycles. The van der Waals surface area contributed by atoms with Gasteiger partial charge in [-0.05, 0) is 28.6 Å². The van der Waals surface area contributed by atoms with E-state index in [0.29, 0.717) is 0 Å². The second kappa shape index (κ2) is 4.86. The number of hydrogen-bond donors (Lipinski definition) is 1. The average Bonchev–Trinajstić information content (AvgIpc) is 2.77. The Labute approximate surface area is 99.9 Å². The molecule has 2 rings (SSSR count). The summed E-state index contributed by atoms with van der Waals surface area (Å²) in [6, 6.07) is 2.89. The monoisotopic (exact) mass is 254 g/mol. The van der Waals surface area contributed by atoms with Crippen LogP contribution in [0.4, 0.5) is 8.78 Å². The molecule has 1 heterocycles. The van der Waals surface area contributed by atoms with E-state index in [4.69, 9.17) is 5.11 Å². The second-order valence-electron chi connectivity index (χ2n) is 3.49. The standard InChI is InChI=1S/C10H8F2N4O2/c11-6-1-2-8(12)7(5-6)10-13-14-15-16(10)4-3-9(17)18/h1-2,5H,3-4H2,(H,17,18). The van der Waals surface area contributed by atoms with Crippen molar-refractivity contribution < 1.29 is 18.7 Å². The smallest absolute Gasteiger partial charge is 0.305 e. The van der Waals surface area contributed by atoms with Crippen LogP contribution in [0.15, 0.2) is 18.2 Å². The molecule has 0 aliphatic rings. The summed E-state index contributed by atoms with van der Waals surface area (Å²) in [4.78, 5) is 10.4.